The second-order valence-corrected chi connectivity index (χ2v) is 7.95. The number of ether oxygens (including phenoxy) is 1. The summed E-state index contributed by atoms with van der Waals surface area (Å²) < 4.78 is 5.61. The van der Waals surface area contributed by atoms with Gasteiger partial charge >= 0.3 is 0 Å². The van der Waals surface area contributed by atoms with Crippen LogP contribution in [0.15, 0.2) is 84.4 Å². The van der Waals surface area contributed by atoms with Crippen LogP contribution in [0.3, 0.4) is 0 Å². The van der Waals surface area contributed by atoms with Crippen LogP contribution < -0.4 is 14.5 Å². The van der Waals surface area contributed by atoms with Crippen LogP contribution >= 0.6 is 0 Å². The fraction of sp³-hybridized carbons (Fsp3) is 0.185. The first-order valence-electron chi connectivity index (χ1n) is 10.8. The van der Waals surface area contributed by atoms with Crippen molar-refractivity contribution in [1.82, 2.24) is 0 Å². The third kappa shape index (κ3) is 4.20. The second kappa shape index (κ2) is 9.20. The van der Waals surface area contributed by atoms with Gasteiger partial charge in [0, 0.05) is 37.1 Å². The number of carbonyl (C=O) groups is 2. The van der Waals surface area contributed by atoms with Gasteiger partial charge in [0.2, 0.25) is 0 Å². The predicted octanol–water partition coefficient (Wildman–Crippen LogP) is 4.78. The molecule has 3 aromatic carbocycles. The third-order valence-corrected chi connectivity index (χ3v) is 5.62. The van der Waals surface area contributed by atoms with Gasteiger partial charge in [-0.3, -0.25) is 14.5 Å². The standard InChI is InChI=1S/C27H26N2O4/c1-4-33-22-12-8-11-21(17-22)29-24(18-13-15-20(16-14-18)28(2)3)23(26(31)27(29)32)25(30)19-9-6-5-7-10-19/h5-17,24,30H,4H2,1-3H3/b25-23+. The summed E-state index contributed by atoms with van der Waals surface area (Å²) in [6.45, 7) is 2.36. The summed E-state index contributed by atoms with van der Waals surface area (Å²) in [5.74, 6) is -1.01. The maximum absolute atomic E-state index is 13.3. The molecule has 1 heterocycles. The Morgan fingerprint density at radius 1 is 0.970 bits per heavy atom. The van der Waals surface area contributed by atoms with Gasteiger partial charge in [-0.2, -0.15) is 0 Å². The van der Waals surface area contributed by atoms with Gasteiger partial charge in [0.05, 0.1) is 18.2 Å². The van der Waals surface area contributed by atoms with Crippen LogP contribution in [0.1, 0.15) is 24.1 Å². The maximum atomic E-state index is 13.3. The number of anilines is 2. The van der Waals surface area contributed by atoms with E-state index in [0.29, 0.717) is 23.6 Å². The third-order valence-electron chi connectivity index (χ3n) is 5.62. The van der Waals surface area contributed by atoms with E-state index in [4.69, 9.17) is 4.74 Å². The number of amides is 1. The minimum Gasteiger partial charge on any atom is -0.507 e. The molecule has 0 spiro atoms. The number of Topliss-reactive ketones (excluding diaryl/α,β-unsaturated/α-hetero) is 1. The quantitative estimate of drug-likeness (QED) is 0.338. The molecule has 1 unspecified atom stereocenters. The van der Waals surface area contributed by atoms with Gasteiger partial charge in [-0.1, -0.05) is 48.5 Å². The molecule has 0 aromatic heterocycles. The molecule has 168 valence electrons. The first-order valence-corrected chi connectivity index (χ1v) is 10.8. The van der Waals surface area contributed by atoms with Gasteiger partial charge in [-0.25, -0.2) is 0 Å². The molecule has 1 saturated heterocycles. The number of hydrogen-bond acceptors (Lipinski definition) is 5. The topological polar surface area (TPSA) is 70.1 Å². The van der Waals surface area contributed by atoms with Crippen molar-refractivity contribution in [3.05, 3.63) is 95.6 Å². The van der Waals surface area contributed by atoms with Crippen LogP contribution in [-0.2, 0) is 9.59 Å². The number of rotatable bonds is 6. The average molecular weight is 443 g/mol. The van der Waals surface area contributed by atoms with Crippen molar-refractivity contribution in [2.75, 3.05) is 30.5 Å². The molecule has 4 rings (SSSR count). The monoisotopic (exact) mass is 442 g/mol. The van der Waals surface area contributed by atoms with E-state index in [-0.39, 0.29) is 11.3 Å². The summed E-state index contributed by atoms with van der Waals surface area (Å²) in [5, 5.41) is 11.1. The van der Waals surface area contributed by atoms with E-state index in [1.165, 1.54) is 4.90 Å². The molecular formula is C27H26N2O4. The highest BCUT2D eigenvalue weighted by molar-refractivity contribution is 6.51. The number of benzene rings is 3. The zero-order valence-corrected chi connectivity index (χ0v) is 18.9. The van der Waals surface area contributed by atoms with Crippen molar-refractivity contribution in [3.8, 4) is 5.75 Å². The lowest BCUT2D eigenvalue weighted by Crippen LogP contribution is -2.29. The lowest BCUT2D eigenvalue weighted by atomic mass is 9.95. The number of hydrogen-bond donors (Lipinski definition) is 1. The van der Waals surface area contributed by atoms with E-state index < -0.39 is 17.7 Å². The summed E-state index contributed by atoms with van der Waals surface area (Å²) in [7, 11) is 3.88. The van der Waals surface area contributed by atoms with Crippen molar-refractivity contribution < 1.29 is 19.4 Å². The minimum absolute atomic E-state index is 0.0608. The van der Waals surface area contributed by atoms with Crippen molar-refractivity contribution in [3.63, 3.8) is 0 Å². The van der Waals surface area contributed by atoms with E-state index in [9.17, 15) is 14.7 Å². The number of aliphatic hydroxyl groups is 1. The average Bonchev–Trinajstić information content (AvgIpc) is 3.10. The first-order chi connectivity index (χ1) is 15.9. The van der Waals surface area contributed by atoms with Crippen LogP contribution in [0.4, 0.5) is 11.4 Å². The summed E-state index contributed by atoms with van der Waals surface area (Å²) >= 11 is 0. The number of ketones is 1. The summed E-state index contributed by atoms with van der Waals surface area (Å²) in [5.41, 5.74) is 2.77. The van der Waals surface area contributed by atoms with Crippen molar-refractivity contribution in [1.29, 1.82) is 0 Å². The first kappa shape index (κ1) is 22.1. The fourth-order valence-corrected chi connectivity index (χ4v) is 4.01. The normalized spacial score (nSPS) is 17.3. The smallest absolute Gasteiger partial charge is 0.300 e. The van der Waals surface area contributed by atoms with E-state index in [2.05, 4.69) is 0 Å². The van der Waals surface area contributed by atoms with Gasteiger partial charge in [0.1, 0.15) is 11.5 Å². The van der Waals surface area contributed by atoms with Gasteiger partial charge < -0.3 is 14.7 Å². The molecule has 1 aliphatic heterocycles. The summed E-state index contributed by atoms with van der Waals surface area (Å²) in [6.07, 6.45) is 0. The minimum atomic E-state index is -0.779. The molecule has 1 aliphatic rings. The van der Waals surface area contributed by atoms with Crippen LogP contribution in [0.2, 0.25) is 0 Å². The zero-order chi connectivity index (χ0) is 23.5. The Hall–Kier alpha value is -4.06. The van der Waals surface area contributed by atoms with Crippen molar-refractivity contribution in [2.24, 2.45) is 0 Å². The molecule has 1 amide bonds. The molecule has 0 aliphatic carbocycles. The fourth-order valence-electron chi connectivity index (χ4n) is 4.01. The van der Waals surface area contributed by atoms with Crippen LogP contribution in [-0.4, -0.2) is 37.5 Å². The lowest BCUT2D eigenvalue weighted by Gasteiger charge is -2.26. The van der Waals surface area contributed by atoms with E-state index >= 15 is 0 Å². The summed E-state index contributed by atoms with van der Waals surface area (Å²) in [6, 6.07) is 22.7. The number of nitrogens with zero attached hydrogens (tertiary/aromatic N) is 2. The Labute approximate surface area is 193 Å². The Kier molecular flexibility index (Phi) is 6.18. The lowest BCUT2D eigenvalue weighted by molar-refractivity contribution is -0.132. The number of carbonyl (C=O) groups excluding carboxylic acids is 2. The zero-order valence-electron chi connectivity index (χ0n) is 18.9. The Morgan fingerprint density at radius 3 is 2.30 bits per heavy atom. The number of aliphatic hydroxyl groups excluding tert-OH is 1. The molecule has 6 nitrogen and oxygen atoms in total. The van der Waals surface area contributed by atoms with E-state index in [1.807, 2.05) is 56.3 Å². The Bertz CT molecular complexity index is 1200. The predicted molar refractivity (Wildman–Crippen MR) is 130 cm³/mol. The van der Waals surface area contributed by atoms with Gasteiger partial charge in [-0.05, 0) is 36.8 Å². The molecule has 0 saturated carbocycles. The van der Waals surface area contributed by atoms with Crippen molar-refractivity contribution >= 4 is 28.8 Å². The molecule has 0 radical (unpaired) electrons. The molecule has 1 fully saturated rings. The van der Waals surface area contributed by atoms with Crippen LogP contribution in [0.25, 0.3) is 5.76 Å². The van der Waals surface area contributed by atoms with Crippen LogP contribution in [0.5, 0.6) is 5.75 Å². The molecular weight excluding hydrogens is 416 g/mol. The highest BCUT2D eigenvalue weighted by atomic mass is 16.5. The largest absolute Gasteiger partial charge is 0.507 e. The van der Waals surface area contributed by atoms with Gasteiger partial charge in [0.25, 0.3) is 11.7 Å². The molecule has 6 heteroatoms. The van der Waals surface area contributed by atoms with E-state index in [1.54, 1.807) is 48.5 Å². The highest BCUT2D eigenvalue weighted by Gasteiger charge is 2.47. The molecule has 33 heavy (non-hydrogen) atoms. The Morgan fingerprint density at radius 2 is 1.67 bits per heavy atom. The maximum Gasteiger partial charge on any atom is 0.300 e. The van der Waals surface area contributed by atoms with Gasteiger partial charge in [0.15, 0.2) is 0 Å². The molecule has 3 aromatic rings. The molecule has 1 N–H and O–H groups in total. The van der Waals surface area contributed by atoms with Crippen LogP contribution in [0, 0.1) is 0 Å². The highest BCUT2D eigenvalue weighted by Crippen LogP contribution is 2.43. The van der Waals surface area contributed by atoms with E-state index in [0.717, 1.165) is 11.3 Å². The summed E-state index contributed by atoms with van der Waals surface area (Å²) in [4.78, 5) is 29.9. The second-order valence-electron chi connectivity index (χ2n) is 7.95. The molecule has 0 bridgehead atoms. The Balaban J connectivity index is 1.91. The van der Waals surface area contributed by atoms with Gasteiger partial charge in [-0.15, -0.1) is 0 Å². The SMILES string of the molecule is CCOc1cccc(N2C(=O)C(=O)/C(=C(/O)c3ccccc3)C2c2ccc(N(C)C)cc2)c1. The molecule has 1 atom stereocenters. The van der Waals surface area contributed by atoms with Crippen molar-refractivity contribution in [2.45, 2.75) is 13.0 Å².